The molecular formula is C15H23N3O2. The van der Waals surface area contributed by atoms with E-state index < -0.39 is 0 Å². The largest absolute Gasteiger partial charge is 0.345 e. The molecule has 5 nitrogen and oxygen atoms in total. The van der Waals surface area contributed by atoms with Crippen LogP contribution in [0.1, 0.15) is 43.0 Å². The first kappa shape index (κ1) is 14.8. The molecule has 0 bridgehead atoms. The summed E-state index contributed by atoms with van der Waals surface area (Å²) in [5.41, 5.74) is 5.79. The minimum Gasteiger partial charge on any atom is -0.345 e. The van der Waals surface area contributed by atoms with Crippen LogP contribution >= 0.6 is 0 Å². The van der Waals surface area contributed by atoms with Gasteiger partial charge in [0.25, 0.3) is 11.5 Å². The minimum atomic E-state index is -0.315. The van der Waals surface area contributed by atoms with Gasteiger partial charge in [-0.2, -0.15) is 0 Å². The Hall–Kier alpha value is -1.62. The van der Waals surface area contributed by atoms with E-state index in [1.54, 1.807) is 19.3 Å². The molecule has 0 aromatic carbocycles. The summed E-state index contributed by atoms with van der Waals surface area (Å²) < 4.78 is 1.44. The summed E-state index contributed by atoms with van der Waals surface area (Å²) >= 11 is 0. The molecule has 1 amide bonds. The summed E-state index contributed by atoms with van der Waals surface area (Å²) in [7, 11) is 1.66. The van der Waals surface area contributed by atoms with E-state index in [-0.39, 0.29) is 17.0 Å². The number of amides is 1. The third-order valence-corrected chi connectivity index (χ3v) is 4.37. The molecule has 5 heteroatoms. The fourth-order valence-electron chi connectivity index (χ4n) is 2.70. The molecule has 1 aliphatic rings. The summed E-state index contributed by atoms with van der Waals surface area (Å²) in [5, 5.41) is 3.05. The Kier molecular flexibility index (Phi) is 4.28. The second-order valence-electron chi connectivity index (χ2n) is 5.99. The third kappa shape index (κ3) is 3.10. The lowest BCUT2D eigenvalue weighted by Crippen LogP contribution is -2.55. The van der Waals surface area contributed by atoms with Crippen LogP contribution < -0.4 is 16.6 Å². The first-order chi connectivity index (χ1) is 9.46. The molecule has 1 aromatic heterocycles. The molecule has 3 N–H and O–H groups in total. The minimum absolute atomic E-state index is 0.184. The van der Waals surface area contributed by atoms with Crippen molar-refractivity contribution in [1.29, 1.82) is 0 Å². The zero-order chi connectivity index (χ0) is 14.8. The Labute approximate surface area is 119 Å². The zero-order valence-corrected chi connectivity index (χ0v) is 12.2. The highest BCUT2D eigenvalue weighted by Crippen LogP contribution is 2.31. The van der Waals surface area contributed by atoms with Gasteiger partial charge in [-0.25, -0.2) is 0 Å². The number of hydrogen-bond donors (Lipinski definition) is 2. The first-order valence-corrected chi connectivity index (χ1v) is 7.15. The van der Waals surface area contributed by atoms with Gasteiger partial charge >= 0.3 is 0 Å². The average Bonchev–Trinajstić information content (AvgIpc) is 2.44. The number of rotatable bonds is 3. The molecule has 0 atom stereocenters. The molecular weight excluding hydrogens is 254 g/mol. The molecule has 1 saturated carbocycles. The van der Waals surface area contributed by atoms with Gasteiger partial charge in [0.1, 0.15) is 0 Å². The SMILES string of the molecule is CC1CCC(CN)(NC(=O)c2ccn(C)c(=O)c2)CC1. The Morgan fingerprint density at radius 2 is 2.15 bits per heavy atom. The number of carbonyl (C=O) groups is 1. The molecule has 1 heterocycles. The topological polar surface area (TPSA) is 77.1 Å². The molecule has 0 radical (unpaired) electrons. The van der Waals surface area contributed by atoms with E-state index in [1.165, 1.54) is 10.6 Å². The number of carbonyl (C=O) groups excluding carboxylic acids is 1. The number of nitrogens with zero attached hydrogens (tertiary/aromatic N) is 1. The second kappa shape index (κ2) is 5.79. The van der Waals surface area contributed by atoms with E-state index in [4.69, 9.17) is 5.73 Å². The van der Waals surface area contributed by atoms with Gasteiger partial charge in [-0.1, -0.05) is 6.92 Å². The Balaban J connectivity index is 2.13. The number of pyridine rings is 1. The van der Waals surface area contributed by atoms with E-state index in [1.807, 2.05) is 0 Å². The van der Waals surface area contributed by atoms with Crippen LogP contribution in [0.4, 0.5) is 0 Å². The molecule has 0 aliphatic heterocycles. The smallest absolute Gasteiger partial charge is 0.252 e. The molecule has 0 saturated heterocycles. The molecule has 1 aliphatic carbocycles. The number of nitrogens with one attached hydrogen (secondary N) is 1. The van der Waals surface area contributed by atoms with Crippen molar-refractivity contribution in [3.63, 3.8) is 0 Å². The number of hydrogen-bond acceptors (Lipinski definition) is 3. The third-order valence-electron chi connectivity index (χ3n) is 4.37. The van der Waals surface area contributed by atoms with Crippen molar-refractivity contribution in [1.82, 2.24) is 9.88 Å². The molecule has 1 aromatic rings. The summed E-state index contributed by atoms with van der Waals surface area (Å²) in [6.07, 6.45) is 5.57. The summed E-state index contributed by atoms with van der Waals surface area (Å²) in [5.74, 6) is 0.485. The van der Waals surface area contributed by atoms with Gasteiger partial charge < -0.3 is 15.6 Å². The Morgan fingerprint density at radius 3 is 2.70 bits per heavy atom. The summed E-state index contributed by atoms with van der Waals surface area (Å²) in [4.78, 5) is 23.9. The van der Waals surface area contributed by atoms with Crippen LogP contribution in [0.25, 0.3) is 0 Å². The highest BCUT2D eigenvalue weighted by molar-refractivity contribution is 5.94. The molecule has 110 valence electrons. The van der Waals surface area contributed by atoms with Crippen molar-refractivity contribution >= 4 is 5.91 Å². The van der Waals surface area contributed by atoms with Crippen molar-refractivity contribution in [3.8, 4) is 0 Å². The van der Waals surface area contributed by atoms with Crippen LogP contribution in [-0.4, -0.2) is 22.6 Å². The Morgan fingerprint density at radius 1 is 1.50 bits per heavy atom. The highest BCUT2D eigenvalue weighted by atomic mass is 16.2. The van der Waals surface area contributed by atoms with Crippen LogP contribution in [0.15, 0.2) is 23.1 Å². The van der Waals surface area contributed by atoms with Crippen molar-refractivity contribution < 1.29 is 4.79 Å². The van der Waals surface area contributed by atoms with E-state index in [9.17, 15) is 9.59 Å². The fraction of sp³-hybridized carbons (Fsp3) is 0.600. The average molecular weight is 277 g/mol. The maximum atomic E-state index is 12.3. The summed E-state index contributed by atoms with van der Waals surface area (Å²) in [6.45, 7) is 2.67. The van der Waals surface area contributed by atoms with E-state index >= 15 is 0 Å². The van der Waals surface area contributed by atoms with Crippen LogP contribution in [0.5, 0.6) is 0 Å². The van der Waals surface area contributed by atoms with Crippen molar-refractivity contribution in [2.75, 3.05) is 6.54 Å². The van der Waals surface area contributed by atoms with Gasteiger partial charge in [-0.3, -0.25) is 9.59 Å². The normalized spacial score (nSPS) is 26.2. The standard InChI is InChI=1S/C15H23N3O2/c1-11-3-6-15(10-16,7-4-11)17-14(20)12-5-8-18(2)13(19)9-12/h5,8-9,11H,3-4,6-7,10,16H2,1-2H3,(H,17,20). The molecule has 1 fully saturated rings. The van der Waals surface area contributed by atoms with Crippen LogP contribution in [-0.2, 0) is 7.05 Å². The van der Waals surface area contributed by atoms with Crippen LogP contribution in [0, 0.1) is 5.92 Å². The van der Waals surface area contributed by atoms with Gasteiger partial charge in [0.2, 0.25) is 0 Å². The van der Waals surface area contributed by atoms with Gasteiger partial charge in [0.05, 0.1) is 5.54 Å². The number of aromatic nitrogens is 1. The van der Waals surface area contributed by atoms with Gasteiger partial charge in [-0.15, -0.1) is 0 Å². The number of nitrogens with two attached hydrogens (primary N) is 1. The fourth-order valence-corrected chi connectivity index (χ4v) is 2.70. The van der Waals surface area contributed by atoms with Crippen molar-refractivity contribution in [2.45, 2.75) is 38.1 Å². The lowest BCUT2D eigenvalue weighted by atomic mass is 9.77. The molecule has 20 heavy (non-hydrogen) atoms. The molecule has 2 rings (SSSR count). The van der Waals surface area contributed by atoms with Crippen molar-refractivity contribution in [3.05, 3.63) is 34.2 Å². The Bertz CT molecular complexity index is 542. The highest BCUT2D eigenvalue weighted by Gasteiger charge is 2.34. The van der Waals surface area contributed by atoms with Gasteiger partial charge in [0.15, 0.2) is 0 Å². The van der Waals surface area contributed by atoms with E-state index in [2.05, 4.69) is 12.2 Å². The van der Waals surface area contributed by atoms with Gasteiger partial charge in [0, 0.05) is 31.4 Å². The van der Waals surface area contributed by atoms with Gasteiger partial charge in [-0.05, 0) is 37.7 Å². The predicted octanol–water partition coefficient (Wildman–Crippen LogP) is 1.02. The summed E-state index contributed by atoms with van der Waals surface area (Å²) in [6, 6.07) is 3.03. The zero-order valence-electron chi connectivity index (χ0n) is 12.2. The van der Waals surface area contributed by atoms with E-state index in [0.717, 1.165) is 25.7 Å². The molecule has 0 spiro atoms. The first-order valence-electron chi connectivity index (χ1n) is 7.15. The predicted molar refractivity (Wildman–Crippen MR) is 78.6 cm³/mol. The molecule has 0 unspecified atom stereocenters. The quantitative estimate of drug-likeness (QED) is 0.866. The van der Waals surface area contributed by atoms with Crippen molar-refractivity contribution in [2.24, 2.45) is 18.7 Å². The van der Waals surface area contributed by atoms with Crippen LogP contribution in [0.3, 0.4) is 0 Å². The lowest BCUT2D eigenvalue weighted by Gasteiger charge is -2.39. The maximum absolute atomic E-state index is 12.3. The second-order valence-corrected chi connectivity index (χ2v) is 5.99. The number of aryl methyl sites for hydroxylation is 1. The lowest BCUT2D eigenvalue weighted by molar-refractivity contribution is 0.0859. The maximum Gasteiger partial charge on any atom is 0.252 e. The van der Waals surface area contributed by atoms with E-state index in [0.29, 0.717) is 18.0 Å². The monoisotopic (exact) mass is 277 g/mol. The van der Waals surface area contributed by atoms with Crippen LogP contribution in [0.2, 0.25) is 0 Å².